The minimum atomic E-state index is -0.00845. The lowest BCUT2D eigenvalue weighted by atomic mass is 9.98. The third-order valence-corrected chi connectivity index (χ3v) is 6.15. The van der Waals surface area contributed by atoms with Gasteiger partial charge in [-0.25, -0.2) is 0 Å². The second kappa shape index (κ2) is 9.76. The molecule has 150 valence electrons. The number of piperidine rings is 1. The lowest BCUT2D eigenvalue weighted by Gasteiger charge is -2.40. The lowest BCUT2D eigenvalue weighted by molar-refractivity contribution is -0.138. The summed E-state index contributed by atoms with van der Waals surface area (Å²) in [5, 5.41) is 0.723. The van der Waals surface area contributed by atoms with Crippen LogP contribution in [0.3, 0.4) is 0 Å². The molecule has 2 saturated heterocycles. The summed E-state index contributed by atoms with van der Waals surface area (Å²) in [5.41, 5.74) is 0. The third kappa shape index (κ3) is 5.84. The van der Waals surface area contributed by atoms with Gasteiger partial charge in [-0.05, 0) is 49.9 Å². The standard InChI is InChI=1S/C21H32ClN3O2/c1-17-7-9-25(10-8-17)21(26)18(2)24-13-11-23(12-14-24)15-16-27-20-5-3-19(22)4-6-20/h3-6,17-18H,7-16H2,1-2H3. The molecule has 0 aromatic heterocycles. The summed E-state index contributed by atoms with van der Waals surface area (Å²) in [5.74, 6) is 1.91. The SMILES string of the molecule is CC1CCN(C(=O)C(C)N2CCN(CCOc3ccc(Cl)cc3)CC2)CC1. The molecular weight excluding hydrogens is 362 g/mol. The summed E-state index contributed by atoms with van der Waals surface area (Å²) in [6.45, 7) is 11.6. The normalized spacial score (nSPS) is 21.2. The van der Waals surface area contributed by atoms with Crippen LogP contribution < -0.4 is 4.74 Å². The van der Waals surface area contributed by atoms with E-state index in [1.54, 1.807) is 0 Å². The maximum absolute atomic E-state index is 12.8. The fourth-order valence-corrected chi connectivity index (χ4v) is 3.97. The molecule has 2 heterocycles. The van der Waals surface area contributed by atoms with Gasteiger partial charge in [0.2, 0.25) is 5.91 Å². The molecule has 1 aromatic carbocycles. The van der Waals surface area contributed by atoms with Gasteiger partial charge in [-0.15, -0.1) is 0 Å². The molecule has 6 heteroatoms. The van der Waals surface area contributed by atoms with Gasteiger partial charge in [-0.1, -0.05) is 18.5 Å². The summed E-state index contributed by atoms with van der Waals surface area (Å²) in [6.07, 6.45) is 2.28. The number of ether oxygens (including phenoxy) is 1. The predicted molar refractivity (Wildman–Crippen MR) is 109 cm³/mol. The van der Waals surface area contributed by atoms with Gasteiger partial charge in [-0.3, -0.25) is 14.6 Å². The molecule has 0 aliphatic carbocycles. The number of likely N-dealkylation sites (tertiary alicyclic amines) is 1. The fourth-order valence-electron chi connectivity index (χ4n) is 3.85. The van der Waals surface area contributed by atoms with E-state index in [-0.39, 0.29) is 6.04 Å². The van der Waals surface area contributed by atoms with Gasteiger partial charge in [0, 0.05) is 50.8 Å². The number of benzene rings is 1. The number of hydrogen-bond acceptors (Lipinski definition) is 4. The maximum Gasteiger partial charge on any atom is 0.239 e. The van der Waals surface area contributed by atoms with Crippen molar-refractivity contribution in [3.63, 3.8) is 0 Å². The summed E-state index contributed by atoms with van der Waals surface area (Å²) in [4.78, 5) is 19.6. The third-order valence-electron chi connectivity index (χ3n) is 5.90. The Morgan fingerprint density at radius 1 is 1.11 bits per heavy atom. The van der Waals surface area contributed by atoms with Crippen LogP contribution in [0.4, 0.5) is 0 Å². The van der Waals surface area contributed by atoms with Crippen molar-refractivity contribution in [3.8, 4) is 5.75 Å². The van der Waals surface area contributed by atoms with Crippen LogP contribution >= 0.6 is 11.6 Å². The molecule has 1 atom stereocenters. The van der Waals surface area contributed by atoms with E-state index in [0.29, 0.717) is 12.5 Å². The van der Waals surface area contributed by atoms with Crippen LogP contribution in [0.5, 0.6) is 5.75 Å². The van der Waals surface area contributed by atoms with E-state index in [4.69, 9.17) is 16.3 Å². The number of nitrogens with zero attached hydrogens (tertiary/aromatic N) is 3. The molecule has 3 rings (SSSR count). The van der Waals surface area contributed by atoms with E-state index in [0.717, 1.165) is 75.3 Å². The number of carbonyl (C=O) groups excluding carboxylic acids is 1. The van der Waals surface area contributed by atoms with Gasteiger partial charge in [0.25, 0.3) is 0 Å². The quantitative estimate of drug-likeness (QED) is 0.744. The van der Waals surface area contributed by atoms with E-state index in [1.165, 1.54) is 0 Å². The van der Waals surface area contributed by atoms with Crippen molar-refractivity contribution < 1.29 is 9.53 Å². The molecule has 2 aliphatic heterocycles. The molecule has 1 aromatic rings. The zero-order chi connectivity index (χ0) is 19.2. The molecule has 0 radical (unpaired) electrons. The number of piperazine rings is 1. The first-order valence-corrected chi connectivity index (χ1v) is 10.5. The average molecular weight is 394 g/mol. The molecule has 1 unspecified atom stereocenters. The van der Waals surface area contributed by atoms with Crippen molar-refractivity contribution in [3.05, 3.63) is 29.3 Å². The fraction of sp³-hybridized carbons (Fsp3) is 0.667. The van der Waals surface area contributed by atoms with E-state index >= 15 is 0 Å². The number of hydrogen-bond donors (Lipinski definition) is 0. The second-order valence-electron chi connectivity index (χ2n) is 7.86. The van der Waals surface area contributed by atoms with Crippen LogP contribution in [-0.4, -0.2) is 79.1 Å². The van der Waals surface area contributed by atoms with Crippen LogP contribution in [0.15, 0.2) is 24.3 Å². The number of rotatable bonds is 6. The Morgan fingerprint density at radius 3 is 2.37 bits per heavy atom. The van der Waals surface area contributed by atoms with Gasteiger partial charge in [-0.2, -0.15) is 0 Å². The number of amides is 1. The van der Waals surface area contributed by atoms with Crippen molar-refractivity contribution >= 4 is 17.5 Å². The summed E-state index contributed by atoms with van der Waals surface area (Å²) in [6, 6.07) is 7.48. The van der Waals surface area contributed by atoms with Crippen molar-refractivity contribution in [2.24, 2.45) is 5.92 Å². The summed E-state index contributed by atoms with van der Waals surface area (Å²) < 4.78 is 5.79. The zero-order valence-corrected chi connectivity index (χ0v) is 17.3. The number of carbonyl (C=O) groups is 1. The van der Waals surface area contributed by atoms with Gasteiger partial charge in [0.05, 0.1) is 6.04 Å². The Labute approximate surface area is 168 Å². The molecule has 0 saturated carbocycles. The van der Waals surface area contributed by atoms with Gasteiger partial charge >= 0.3 is 0 Å². The van der Waals surface area contributed by atoms with Crippen LogP contribution in [-0.2, 0) is 4.79 Å². The van der Waals surface area contributed by atoms with Crippen LogP contribution in [0.2, 0.25) is 5.02 Å². The lowest BCUT2D eigenvalue weighted by Crippen LogP contribution is -2.55. The molecule has 27 heavy (non-hydrogen) atoms. The first-order chi connectivity index (χ1) is 13.0. The van der Waals surface area contributed by atoms with E-state index in [9.17, 15) is 4.79 Å². The molecule has 2 fully saturated rings. The van der Waals surface area contributed by atoms with Crippen molar-refractivity contribution in [2.45, 2.75) is 32.7 Å². The second-order valence-corrected chi connectivity index (χ2v) is 8.30. The smallest absolute Gasteiger partial charge is 0.239 e. The average Bonchev–Trinajstić information content (AvgIpc) is 2.69. The summed E-state index contributed by atoms with van der Waals surface area (Å²) in [7, 11) is 0. The first-order valence-electron chi connectivity index (χ1n) is 10.2. The Bertz CT molecular complexity index is 594. The van der Waals surface area contributed by atoms with Crippen molar-refractivity contribution in [1.82, 2.24) is 14.7 Å². The van der Waals surface area contributed by atoms with Gasteiger partial charge < -0.3 is 9.64 Å². The highest BCUT2D eigenvalue weighted by atomic mass is 35.5. The molecule has 1 amide bonds. The first kappa shape index (κ1) is 20.4. The zero-order valence-electron chi connectivity index (χ0n) is 16.6. The van der Waals surface area contributed by atoms with Gasteiger partial charge in [0.15, 0.2) is 0 Å². The highest BCUT2D eigenvalue weighted by Crippen LogP contribution is 2.19. The molecule has 0 spiro atoms. The largest absolute Gasteiger partial charge is 0.492 e. The Hall–Kier alpha value is -1.30. The van der Waals surface area contributed by atoms with Crippen LogP contribution in [0.1, 0.15) is 26.7 Å². The van der Waals surface area contributed by atoms with Crippen LogP contribution in [0, 0.1) is 5.92 Å². The predicted octanol–water partition coefficient (Wildman–Crippen LogP) is 2.98. The van der Waals surface area contributed by atoms with Crippen molar-refractivity contribution in [1.29, 1.82) is 0 Å². The van der Waals surface area contributed by atoms with Crippen LogP contribution in [0.25, 0.3) is 0 Å². The van der Waals surface area contributed by atoms with E-state index in [2.05, 4.69) is 28.5 Å². The Morgan fingerprint density at radius 2 is 1.74 bits per heavy atom. The topological polar surface area (TPSA) is 36.0 Å². The molecular formula is C21H32ClN3O2. The Kier molecular flexibility index (Phi) is 7.39. The molecule has 0 N–H and O–H groups in total. The highest BCUT2D eigenvalue weighted by molar-refractivity contribution is 6.30. The molecule has 0 bridgehead atoms. The van der Waals surface area contributed by atoms with E-state index in [1.807, 2.05) is 24.3 Å². The molecule has 2 aliphatic rings. The van der Waals surface area contributed by atoms with Crippen molar-refractivity contribution in [2.75, 3.05) is 52.4 Å². The van der Waals surface area contributed by atoms with Gasteiger partial charge in [0.1, 0.15) is 12.4 Å². The van der Waals surface area contributed by atoms with E-state index < -0.39 is 0 Å². The maximum atomic E-state index is 12.8. The minimum Gasteiger partial charge on any atom is -0.492 e. The molecule has 5 nitrogen and oxygen atoms in total. The Balaban J connectivity index is 1.36. The highest BCUT2D eigenvalue weighted by Gasteiger charge is 2.30. The number of halogens is 1. The monoisotopic (exact) mass is 393 g/mol. The minimum absolute atomic E-state index is 0.00845. The summed E-state index contributed by atoms with van der Waals surface area (Å²) >= 11 is 5.89.